The molecule has 2 aromatic carbocycles. The van der Waals surface area contributed by atoms with Gasteiger partial charge in [-0.15, -0.1) is 0 Å². The van der Waals surface area contributed by atoms with Crippen LogP contribution in [-0.4, -0.2) is 5.84 Å². The molecular formula is C14H13N3S. The largest absolute Gasteiger partial charge is 0.351 e. The quantitative estimate of drug-likeness (QED) is 0.773. The van der Waals surface area contributed by atoms with Gasteiger partial charge in [-0.2, -0.15) is 0 Å². The highest BCUT2D eigenvalue weighted by Crippen LogP contribution is 2.31. The maximum atomic E-state index is 7.84. The average Bonchev–Trinajstić information content (AvgIpc) is 2.66. The highest BCUT2D eigenvalue weighted by Gasteiger charge is 2.22. The van der Waals surface area contributed by atoms with Crippen LogP contribution in [0.25, 0.3) is 0 Å². The minimum absolute atomic E-state index is 0.247. The zero-order valence-electron chi connectivity index (χ0n) is 9.68. The summed E-state index contributed by atoms with van der Waals surface area (Å²) in [5.41, 5.74) is 7.78. The fourth-order valence-electron chi connectivity index (χ4n) is 2.02. The number of fused-ring (bicyclic) bond motifs is 1. The van der Waals surface area contributed by atoms with E-state index in [2.05, 4.69) is 23.5 Å². The summed E-state index contributed by atoms with van der Waals surface area (Å²) in [5, 5.41) is 10.8. The molecule has 90 valence electrons. The molecule has 0 saturated carbocycles. The number of hydrogen-bond donors (Lipinski definition) is 3. The number of rotatable bonds is 2. The summed E-state index contributed by atoms with van der Waals surface area (Å²) in [6.45, 7) is 0. The van der Waals surface area contributed by atoms with Gasteiger partial charge in [-0.3, -0.25) is 5.41 Å². The van der Waals surface area contributed by atoms with Crippen molar-refractivity contribution in [3.05, 3.63) is 59.7 Å². The highest BCUT2D eigenvalue weighted by molar-refractivity contribution is 7.99. The van der Waals surface area contributed by atoms with Crippen LogP contribution in [0.4, 0.5) is 0 Å². The van der Waals surface area contributed by atoms with Gasteiger partial charge < -0.3 is 11.1 Å². The van der Waals surface area contributed by atoms with Crippen molar-refractivity contribution >= 4 is 17.6 Å². The Hall–Kier alpha value is -1.78. The lowest BCUT2D eigenvalue weighted by molar-refractivity contribution is 0.707. The highest BCUT2D eigenvalue weighted by atomic mass is 32.2. The van der Waals surface area contributed by atoms with E-state index in [0.717, 1.165) is 16.0 Å². The van der Waals surface area contributed by atoms with E-state index in [1.807, 2.05) is 30.3 Å². The summed E-state index contributed by atoms with van der Waals surface area (Å²) < 4.78 is 0. The first-order chi connectivity index (χ1) is 8.74. The molecule has 0 bridgehead atoms. The summed E-state index contributed by atoms with van der Waals surface area (Å²) in [6, 6.07) is 16.3. The second kappa shape index (κ2) is 4.48. The Balaban J connectivity index is 1.92. The molecule has 1 aliphatic rings. The molecule has 1 heterocycles. The van der Waals surface area contributed by atoms with Gasteiger partial charge in [0.2, 0.25) is 0 Å². The molecule has 0 saturated heterocycles. The van der Waals surface area contributed by atoms with E-state index in [1.54, 1.807) is 11.8 Å². The SMILES string of the molecule is N=C1NC(N)c2ccc(Sc3ccccc3)cc21. The van der Waals surface area contributed by atoms with Crippen molar-refractivity contribution in [2.45, 2.75) is 16.0 Å². The molecule has 3 nitrogen and oxygen atoms in total. The Morgan fingerprint density at radius 2 is 1.83 bits per heavy atom. The Kier molecular flexibility index (Phi) is 2.81. The maximum Gasteiger partial charge on any atom is 0.127 e. The average molecular weight is 255 g/mol. The predicted molar refractivity (Wildman–Crippen MR) is 73.9 cm³/mol. The molecule has 4 heteroatoms. The van der Waals surface area contributed by atoms with Crippen LogP contribution in [0.5, 0.6) is 0 Å². The zero-order chi connectivity index (χ0) is 12.5. The van der Waals surface area contributed by atoms with E-state index >= 15 is 0 Å². The van der Waals surface area contributed by atoms with Crippen molar-refractivity contribution in [1.29, 1.82) is 5.41 Å². The van der Waals surface area contributed by atoms with Crippen molar-refractivity contribution in [2.24, 2.45) is 5.73 Å². The van der Waals surface area contributed by atoms with Gasteiger partial charge in [-0.1, -0.05) is 36.0 Å². The molecule has 18 heavy (non-hydrogen) atoms. The molecule has 0 amide bonds. The third-order valence-electron chi connectivity index (χ3n) is 2.91. The maximum absolute atomic E-state index is 7.84. The molecule has 0 spiro atoms. The van der Waals surface area contributed by atoms with Crippen LogP contribution in [0.1, 0.15) is 17.3 Å². The Labute approximate surface area is 110 Å². The minimum Gasteiger partial charge on any atom is -0.351 e. The van der Waals surface area contributed by atoms with E-state index < -0.39 is 0 Å². The van der Waals surface area contributed by atoms with Crippen molar-refractivity contribution < 1.29 is 0 Å². The zero-order valence-corrected chi connectivity index (χ0v) is 10.5. The van der Waals surface area contributed by atoms with Crippen LogP contribution in [0.3, 0.4) is 0 Å². The van der Waals surface area contributed by atoms with Crippen LogP contribution in [0.15, 0.2) is 58.3 Å². The second-order valence-electron chi connectivity index (χ2n) is 4.16. The molecule has 0 fully saturated rings. The lowest BCUT2D eigenvalue weighted by Crippen LogP contribution is -2.25. The number of hydrogen-bond acceptors (Lipinski definition) is 3. The van der Waals surface area contributed by atoms with E-state index in [1.165, 1.54) is 4.90 Å². The standard InChI is InChI=1S/C14H13N3S/c15-13-11-7-6-10(8-12(11)14(16)17-13)18-9-4-2-1-3-5-9/h1-8,13H,15H2,(H2,16,17). The van der Waals surface area contributed by atoms with Gasteiger partial charge in [0.05, 0.1) is 0 Å². The van der Waals surface area contributed by atoms with Gasteiger partial charge in [0.1, 0.15) is 12.0 Å². The Morgan fingerprint density at radius 1 is 1.06 bits per heavy atom. The van der Waals surface area contributed by atoms with Crippen molar-refractivity contribution in [3.8, 4) is 0 Å². The summed E-state index contributed by atoms with van der Waals surface area (Å²) >= 11 is 1.69. The molecular weight excluding hydrogens is 242 g/mol. The van der Waals surface area contributed by atoms with E-state index in [4.69, 9.17) is 11.1 Å². The first-order valence-electron chi connectivity index (χ1n) is 5.72. The molecule has 0 radical (unpaired) electrons. The fraction of sp³-hybridized carbons (Fsp3) is 0.0714. The van der Waals surface area contributed by atoms with Crippen molar-refractivity contribution in [3.63, 3.8) is 0 Å². The third-order valence-corrected chi connectivity index (χ3v) is 3.91. The van der Waals surface area contributed by atoms with Gasteiger partial charge >= 0.3 is 0 Å². The molecule has 1 aliphatic heterocycles. The summed E-state index contributed by atoms with van der Waals surface area (Å²) in [5.74, 6) is 0.410. The number of amidine groups is 1. The summed E-state index contributed by atoms with van der Waals surface area (Å²) in [6.07, 6.45) is -0.247. The third kappa shape index (κ3) is 2.00. The topological polar surface area (TPSA) is 61.9 Å². The predicted octanol–water partition coefficient (Wildman–Crippen LogP) is 2.72. The van der Waals surface area contributed by atoms with E-state index in [0.29, 0.717) is 5.84 Å². The number of nitrogens with two attached hydrogens (primary N) is 1. The monoisotopic (exact) mass is 255 g/mol. The molecule has 4 N–H and O–H groups in total. The van der Waals surface area contributed by atoms with Crippen molar-refractivity contribution in [2.75, 3.05) is 0 Å². The molecule has 1 unspecified atom stereocenters. The van der Waals surface area contributed by atoms with Crippen LogP contribution >= 0.6 is 11.8 Å². The molecule has 2 aromatic rings. The van der Waals surface area contributed by atoms with Crippen LogP contribution in [0.2, 0.25) is 0 Å². The molecule has 1 atom stereocenters. The van der Waals surface area contributed by atoms with Crippen LogP contribution in [0, 0.1) is 5.41 Å². The Morgan fingerprint density at radius 3 is 2.61 bits per heavy atom. The smallest absolute Gasteiger partial charge is 0.127 e. The minimum atomic E-state index is -0.247. The first-order valence-corrected chi connectivity index (χ1v) is 6.53. The Bertz CT molecular complexity index is 595. The van der Waals surface area contributed by atoms with Crippen LogP contribution in [-0.2, 0) is 0 Å². The van der Waals surface area contributed by atoms with Crippen molar-refractivity contribution in [1.82, 2.24) is 5.32 Å². The lowest BCUT2D eigenvalue weighted by atomic mass is 10.1. The second-order valence-corrected chi connectivity index (χ2v) is 5.31. The fourth-order valence-corrected chi connectivity index (χ4v) is 2.90. The number of benzene rings is 2. The van der Waals surface area contributed by atoms with Gasteiger partial charge in [0.25, 0.3) is 0 Å². The first kappa shape index (κ1) is 11.3. The lowest BCUT2D eigenvalue weighted by Gasteiger charge is -2.05. The van der Waals surface area contributed by atoms with E-state index in [9.17, 15) is 0 Å². The summed E-state index contributed by atoms with van der Waals surface area (Å²) in [4.78, 5) is 2.32. The molecule has 0 aliphatic carbocycles. The van der Waals surface area contributed by atoms with Crippen LogP contribution < -0.4 is 11.1 Å². The van der Waals surface area contributed by atoms with Gasteiger partial charge in [0, 0.05) is 15.4 Å². The molecule has 0 aromatic heterocycles. The van der Waals surface area contributed by atoms with Gasteiger partial charge in [0.15, 0.2) is 0 Å². The molecule has 3 rings (SSSR count). The van der Waals surface area contributed by atoms with Gasteiger partial charge in [-0.05, 0) is 29.8 Å². The number of nitrogens with one attached hydrogen (secondary N) is 2. The van der Waals surface area contributed by atoms with Gasteiger partial charge in [-0.25, -0.2) is 0 Å². The summed E-state index contributed by atoms with van der Waals surface area (Å²) in [7, 11) is 0. The normalized spacial score (nSPS) is 17.4. The van der Waals surface area contributed by atoms with E-state index in [-0.39, 0.29) is 6.17 Å².